The van der Waals surface area contributed by atoms with E-state index in [1.54, 1.807) is 0 Å². The summed E-state index contributed by atoms with van der Waals surface area (Å²) in [7, 11) is 0. The van der Waals surface area contributed by atoms with Crippen molar-refractivity contribution in [1.82, 2.24) is 4.98 Å². The van der Waals surface area contributed by atoms with Crippen molar-refractivity contribution in [1.29, 1.82) is 0 Å². The Balaban J connectivity index is 1.40. The van der Waals surface area contributed by atoms with Crippen LogP contribution in [0.15, 0.2) is 53.9 Å². The summed E-state index contributed by atoms with van der Waals surface area (Å²) in [6, 6.07) is 15.9. The molecule has 2 aromatic carbocycles. The van der Waals surface area contributed by atoms with Gasteiger partial charge in [0.25, 0.3) is 0 Å². The second-order valence-electron chi connectivity index (χ2n) is 5.95. The van der Waals surface area contributed by atoms with E-state index in [1.165, 1.54) is 22.7 Å². The zero-order chi connectivity index (χ0) is 17.9. The predicted octanol–water partition coefficient (Wildman–Crippen LogP) is 5.50. The Morgan fingerprint density at radius 1 is 1.00 bits per heavy atom. The molecular weight excluding hydrogens is 364 g/mol. The number of nitrogens with zero attached hydrogens (tertiary/aromatic N) is 1. The molecule has 4 rings (SSSR count). The molecule has 0 aliphatic rings. The number of fused-ring (bicyclic) bond motifs is 3. The van der Waals surface area contributed by atoms with Crippen molar-refractivity contribution < 1.29 is 9.59 Å². The summed E-state index contributed by atoms with van der Waals surface area (Å²) >= 11 is 2.91. The molecule has 0 spiro atoms. The molecule has 0 bridgehead atoms. The summed E-state index contributed by atoms with van der Waals surface area (Å²) in [6.07, 6.45) is 1.24. The molecule has 1 N–H and O–H groups in total. The average molecular weight is 380 g/mol. The first-order valence-corrected chi connectivity index (χ1v) is 10.1. The van der Waals surface area contributed by atoms with E-state index in [2.05, 4.69) is 22.4 Å². The van der Waals surface area contributed by atoms with Crippen LogP contribution in [0.1, 0.15) is 28.9 Å². The van der Waals surface area contributed by atoms with Gasteiger partial charge in [0.15, 0.2) is 10.9 Å². The lowest BCUT2D eigenvalue weighted by Crippen LogP contribution is -2.11. The number of hydrogen-bond donors (Lipinski definition) is 1. The molecular formula is C20H16N2O2S2. The summed E-state index contributed by atoms with van der Waals surface area (Å²) in [4.78, 5) is 29.5. The maximum Gasteiger partial charge on any atom is 0.226 e. The van der Waals surface area contributed by atoms with Gasteiger partial charge in [-0.2, -0.15) is 0 Å². The Bertz CT molecular complexity index is 1080. The molecule has 130 valence electrons. The number of aromatic nitrogens is 1. The van der Waals surface area contributed by atoms with Gasteiger partial charge in [0.1, 0.15) is 0 Å². The predicted molar refractivity (Wildman–Crippen MR) is 108 cm³/mol. The fourth-order valence-electron chi connectivity index (χ4n) is 2.87. The maximum atomic E-state index is 12.2. The molecule has 4 nitrogen and oxygen atoms in total. The van der Waals surface area contributed by atoms with Crippen molar-refractivity contribution in [3.8, 4) is 0 Å². The van der Waals surface area contributed by atoms with Gasteiger partial charge in [-0.1, -0.05) is 47.7 Å². The van der Waals surface area contributed by atoms with E-state index in [1.807, 2.05) is 41.8 Å². The van der Waals surface area contributed by atoms with E-state index >= 15 is 0 Å². The number of carbonyl (C=O) groups is 2. The van der Waals surface area contributed by atoms with Crippen LogP contribution in [0.3, 0.4) is 0 Å². The number of hydrogen-bond acceptors (Lipinski definition) is 5. The van der Waals surface area contributed by atoms with Gasteiger partial charge < -0.3 is 5.32 Å². The van der Waals surface area contributed by atoms with Crippen molar-refractivity contribution in [2.75, 3.05) is 5.32 Å². The quantitative estimate of drug-likeness (QED) is 0.449. The average Bonchev–Trinajstić information content (AvgIpc) is 3.31. The minimum Gasteiger partial charge on any atom is -0.302 e. The van der Waals surface area contributed by atoms with Crippen molar-refractivity contribution in [2.45, 2.75) is 19.3 Å². The van der Waals surface area contributed by atoms with Crippen LogP contribution in [0.25, 0.3) is 21.0 Å². The summed E-state index contributed by atoms with van der Waals surface area (Å²) in [5, 5.41) is 7.57. The molecule has 0 saturated carbocycles. The van der Waals surface area contributed by atoms with Crippen LogP contribution in [0.5, 0.6) is 0 Å². The largest absolute Gasteiger partial charge is 0.302 e. The Hall–Kier alpha value is -2.57. The molecule has 0 aliphatic heterocycles. The van der Waals surface area contributed by atoms with Crippen molar-refractivity contribution in [3.05, 3.63) is 58.8 Å². The smallest absolute Gasteiger partial charge is 0.226 e. The van der Waals surface area contributed by atoms with Gasteiger partial charge in [-0.3, -0.25) is 9.59 Å². The number of anilines is 1. The van der Waals surface area contributed by atoms with Crippen molar-refractivity contribution in [2.24, 2.45) is 0 Å². The van der Waals surface area contributed by atoms with Crippen LogP contribution in [-0.4, -0.2) is 16.7 Å². The van der Waals surface area contributed by atoms with E-state index in [4.69, 9.17) is 0 Å². The number of nitrogens with one attached hydrogen (secondary N) is 1. The van der Waals surface area contributed by atoms with Crippen LogP contribution < -0.4 is 5.32 Å². The Labute approximate surface area is 158 Å². The van der Waals surface area contributed by atoms with Crippen LogP contribution in [0.4, 0.5) is 5.13 Å². The molecule has 2 aromatic heterocycles. The highest BCUT2D eigenvalue weighted by molar-refractivity contribution is 7.22. The van der Waals surface area contributed by atoms with Crippen LogP contribution in [0, 0.1) is 0 Å². The normalized spacial score (nSPS) is 11.1. The SMILES string of the molecule is O=C(CCCC(=O)c1cccs1)Nc1nc2c(ccc3ccccc32)s1. The molecule has 6 heteroatoms. The number of benzene rings is 2. The Morgan fingerprint density at radius 2 is 1.88 bits per heavy atom. The topological polar surface area (TPSA) is 59.1 Å². The standard InChI is InChI=1S/C20H16N2O2S2/c23-15(16-8-4-12-25-16)7-3-9-18(24)21-20-22-19-14-6-2-1-5-13(14)10-11-17(19)26-20/h1-2,4-6,8,10-12H,3,7,9H2,(H,21,22,24). The lowest BCUT2D eigenvalue weighted by Gasteiger charge is -2.01. The lowest BCUT2D eigenvalue weighted by atomic mass is 10.1. The van der Waals surface area contributed by atoms with Gasteiger partial charge in [-0.25, -0.2) is 4.98 Å². The van der Waals surface area contributed by atoms with Crippen LogP contribution >= 0.6 is 22.7 Å². The zero-order valence-electron chi connectivity index (χ0n) is 13.9. The zero-order valence-corrected chi connectivity index (χ0v) is 15.5. The fourth-order valence-corrected chi connectivity index (χ4v) is 4.46. The third-order valence-electron chi connectivity index (χ3n) is 4.13. The number of amides is 1. The number of thiazole rings is 1. The molecule has 1 amide bonds. The highest BCUT2D eigenvalue weighted by atomic mass is 32.1. The maximum absolute atomic E-state index is 12.2. The minimum absolute atomic E-state index is 0.0965. The van der Waals surface area contributed by atoms with Gasteiger partial charge in [-0.05, 0) is 29.3 Å². The number of rotatable bonds is 6. The lowest BCUT2D eigenvalue weighted by molar-refractivity contribution is -0.116. The molecule has 0 unspecified atom stereocenters. The molecule has 0 atom stereocenters. The van der Waals surface area contributed by atoms with Gasteiger partial charge in [0.05, 0.1) is 15.1 Å². The first kappa shape index (κ1) is 16.9. The molecule has 2 heterocycles. The summed E-state index contributed by atoms with van der Waals surface area (Å²) < 4.78 is 1.05. The highest BCUT2D eigenvalue weighted by Crippen LogP contribution is 2.31. The van der Waals surface area contributed by atoms with E-state index in [0.717, 1.165) is 25.9 Å². The minimum atomic E-state index is -0.104. The monoisotopic (exact) mass is 380 g/mol. The Morgan fingerprint density at radius 3 is 2.73 bits per heavy atom. The van der Waals surface area contributed by atoms with Gasteiger partial charge in [0, 0.05) is 18.2 Å². The van der Waals surface area contributed by atoms with Crippen LogP contribution in [0.2, 0.25) is 0 Å². The van der Waals surface area contributed by atoms with Gasteiger partial charge in [0.2, 0.25) is 5.91 Å². The first-order valence-electron chi connectivity index (χ1n) is 8.35. The van der Waals surface area contributed by atoms with Gasteiger partial charge in [-0.15, -0.1) is 11.3 Å². The second kappa shape index (κ2) is 7.35. The van der Waals surface area contributed by atoms with Crippen molar-refractivity contribution in [3.63, 3.8) is 0 Å². The number of carbonyl (C=O) groups excluding carboxylic acids is 2. The van der Waals surface area contributed by atoms with Crippen LogP contribution in [-0.2, 0) is 4.79 Å². The third-order valence-corrected chi connectivity index (χ3v) is 5.98. The number of Topliss-reactive ketones (excluding diaryl/α,β-unsaturated/α-hetero) is 1. The molecule has 26 heavy (non-hydrogen) atoms. The van der Waals surface area contributed by atoms with E-state index in [0.29, 0.717) is 24.4 Å². The molecule has 0 aliphatic carbocycles. The molecule has 0 radical (unpaired) electrons. The van der Waals surface area contributed by atoms with E-state index in [-0.39, 0.29) is 11.7 Å². The fraction of sp³-hybridized carbons (Fsp3) is 0.150. The molecule has 0 saturated heterocycles. The van der Waals surface area contributed by atoms with Crippen molar-refractivity contribution >= 4 is 60.5 Å². The van der Waals surface area contributed by atoms with Gasteiger partial charge >= 0.3 is 0 Å². The Kier molecular flexibility index (Phi) is 4.77. The third kappa shape index (κ3) is 3.52. The number of ketones is 1. The highest BCUT2D eigenvalue weighted by Gasteiger charge is 2.12. The number of thiophene rings is 1. The summed E-state index contributed by atoms with van der Waals surface area (Å²) in [6.45, 7) is 0. The summed E-state index contributed by atoms with van der Waals surface area (Å²) in [5.74, 6) is -0.00778. The molecule has 4 aromatic rings. The summed E-state index contributed by atoms with van der Waals surface area (Å²) in [5.41, 5.74) is 0.913. The first-order chi connectivity index (χ1) is 12.7. The second-order valence-corrected chi connectivity index (χ2v) is 7.93. The molecule has 0 fully saturated rings. The van der Waals surface area contributed by atoms with E-state index in [9.17, 15) is 9.59 Å². The van der Waals surface area contributed by atoms with E-state index < -0.39 is 0 Å².